The lowest BCUT2D eigenvalue weighted by Gasteiger charge is -2.14. The van der Waals surface area contributed by atoms with Gasteiger partial charge in [-0.3, -0.25) is 4.79 Å². The molecule has 0 fully saturated rings. The Labute approximate surface area is 138 Å². The lowest BCUT2D eigenvalue weighted by atomic mass is 10.1. The molecule has 2 rings (SSSR count). The Morgan fingerprint density at radius 1 is 0.955 bits per heavy atom. The summed E-state index contributed by atoms with van der Waals surface area (Å²) in [6, 6.07) is 7.15. The predicted octanol–water partition coefficient (Wildman–Crippen LogP) is 5.92. The van der Waals surface area contributed by atoms with E-state index < -0.39 is 23.3 Å². The van der Waals surface area contributed by atoms with Crippen LogP contribution in [0.15, 0.2) is 36.4 Å². The molecule has 0 saturated heterocycles. The highest BCUT2D eigenvalue weighted by atomic mass is 35.5. The van der Waals surface area contributed by atoms with Crippen molar-refractivity contribution >= 4 is 46.4 Å². The van der Waals surface area contributed by atoms with Crippen molar-refractivity contribution in [3.8, 4) is 0 Å². The Morgan fingerprint density at radius 2 is 1.55 bits per heavy atom. The summed E-state index contributed by atoms with van der Waals surface area (Å²) in [5.74, 6) is -0.805. The fraction of sp³-hybridized carbons (Fsp3) is 0.0714. The van der Waals surface area contributed by atoms with Gasteiger partial charge in [0.05, 0.1) is 21.8 Å². The Balaban J connectivity index is 2.39. The molecule has 0 spiro atoms. The summed E-state index contributed by atoms with van der Waals surface area (Å²) in [4.78, 5) is 12.1. The van der Waals surface area contributed by atoms with E-state index in [0.29, 0.717) is 0 Å². The molecule has 0 unspecified atom stereocenters. The van der Waals surface area contributed by atoms with Crippen molar-refractivity contribution in [2.75, 3.05) is 5.32 Å². The first kappa shape index (κ1) is 16.9. The molecule has 0 saturated carbocycles. The fourth-order valence-corrected chi connectivity index (χ4v) is 2.27. The molecule has 0 atom stereocenters. The van der Waals surface area contributed by atoms with Crippen molar-refractivity contribution in [3.05, 3.63) is 62.6 Å². The van der Waals surface area contributed by atoms with Gasteiger partial charge in [-0.2, -0.15) is 13.2 Å². The zero-order valence-corrected chi connectivity index (χ0v) is 12.9. The van der Waals surface area contributed by atoms with E-state index in [2.05, 4.69) is 5.32 Å². The predicted molar refractivity (Wildman–Crippen MR) is 80.9 cm³/mol. The maximum absolute atomic E-state index is 13.0. The number of hydrogen-bond donors (Lipinski definition) is 1. The van der Waals surface area contributed by atoms with E-state index in [1.165, 1.54) is 24.3 Å². The summed E-state index contributed by atoms with van der Waals surface area (Å²) in [6.45, 7) is 0. The summed E-state index contributed by atoms with van der Waals surface area (Å²) in [7, 11) is 0. The monoisotopic (exact) mass is 367 g/mol. The Morgan fingerprint density at radius 3 is 2.18 bits per heavy atom. The van der Waals surface area contributed by atoms with Gasteiger partial charge in [-0.1, -0.05) is 34.8 Å². The topological polar surface area (TPSA) is 29.1 Å². The summed E-state index contributed by atoms with van der Waals surface area (Å²) < 4.78 is 38.9. The molecule has 0 aromatic heterocycles. The van der Waals surface area contributed by atoms with Crippen molar-refractivity contribution in [1.29, 1.82) is 0 Å². The second-order valence-corrected chi connectivity index (χ2v) is 5.55. The van der Waals surface area contributed by atoms with Crippen LogP contribution in [0.1, 0.15) is 15.9 Å². The van der Waals surface area contributed by atoms with Crippen LogP contribution in [0.25, 0.3) is 0 Å². The summed E-state index contributed by atoms with van der Waals surface area (Å²) >= 11 is 17.2. The van der Waals surface area contributed by atoms with Crippen LogP contribution in [0, 0.1) is 0 Å². The van der Waals surface area contributed by atoms with Crippen LogP contribution in [0.4, 0.5) is 18.9 Å². The van der Waals surface area contributed by atoms with Gasteiger partial charge in [-0.15, -0.1) is 0 Å². The maximum atomic E-state index is 13.0. The second-order valence-electron chi connectivity index (χ2n) is 4.27. The van der Waals surface area contributed by atoms with Crippen LogP contribution >= 0.6 is 34.8 Å². The van der Waals surface area contributed by atoms with Gasteiger partial charge in [0.1, 0.15) is 0 Å². The van der Waals surface area contributed by atoms with E-state index >= 15 is 0 Å². The van der Waals surface area contributed by atoms with Crippen LogP contribution in [0.3, 0.4) is 0 Å². The molecule has 2 aromatic rings. The summed E-state index contributed by atoms with van der Waals surface area (Å²) in [5, 5.41) is 2.39. The average molecular weight is 369 g/mol. The van der Waals surface area contributed by atoms with Gasteiger partial charge in [0, 0.05) is 10.0 Å². The Kier molecular flexibility index (Phi) is 4.90. The van der Waals surface area contributed by atoms with Crippen molar-refractivity contribution in [2.45, 2.75) is 6.18 Å². The zero-order chi connectivity index (χ0) is 16.5. The number of benzene rings is 2. The molecule has 0 radical (unpaired) electrons. The van der Waals surface area contributed by atoms with Crippen molar-refractivity contribution in [1.82, 2.24) is 0 Å². The van der Waals surface area contributed by atoms with Crippen LogP contribution in [-0.4, -0.2) is 5.91 Å². The minimum absolute atomic E-state index is 0.0303. The molecular weight excluding hydrogens is 362 g/mol. The highest BCUT2D eigenvalue weighted by Crippen LogP contribution is 2.36. The molecule has 2 aromatic carbocycles. The highest BCUT2D eigenvalue weighted by molar-refractivity contribution is 6.36. The molecular formula is C14H7Cl3F3NO. The summed E-state index contributed by atoms with van der Waals surface area (Å²) in [6.07, 6.45) is -4.66. The number of anilines is 1. The number of hydrogen-bond acceptors (Lipinski definition) is 1. The van der Waals surface area contributed by atoms with E-state index in [9.17, 15) is 18.0 Å². The zero-order valence-electron chi connectivity index (χ0n) is 10.6. The molecule has 1 amide bonds. The SMILES string of the molecule is O=C(Nc1ccc(Cl)cc1C(F)(F)F)c1cc(Cl)ccc1Cl. The van der Waals surface area contributed by atoms with Gasteiger partial charge in [-0.25, -0.2) is 0 Å². The van der Waals surface area contributed by atoms with Gasteiger partial charge >= 0.3 is 6.18 Å². The normalized spacial score (nSPS) is 11.4. The molecule has 2 nitrogen and oxygen atoms in total. The molecule has 0 aliphatic rings. The molecule has 1 N–H and O–H groups in total. The lowest BCUT2D eigenvalue weighted by Crippen LogP contribution is -2.17. The number of nitrogens with one attached hydrogen (secondary N) is 1. The highest BCUT2D eigenvalue weighted by Gasteiger charge is 2.34. The fourth-order valence-electron chi connectivity index (χ4n) is 1.72. The van der Waals surface area contributed by atoms with Crippen LogP contribution in [0.2, 0.25) is 15.1 Å². The molecule has 0 heterocycles. The number of rotatable bonds is 2. The van der Waals surface area contributed by atoms with Gasteiger partial charge in [0.15, 0.2) is 0 Å². The first-order valence-corrected chi connectivity index (χ1v) is 6.95. The molecule has 22 heavy (non-hydrogen) atoms. The summed E-state index contributed by atoms with van der Waals surface area (Å²) in [5.41, 5.74) is -1.50. The van der Waals surface area contributed by atoms with Crippen molar-refractivity contribution < 1.29 is 18.0 Å². The Bertz CT molecular complexity index is 732. The van der Waals surface area contributed by atoms with Crippen LogP contribution < -0.4 is 5.32 Å². The third kappa shape index (κ3) is 3.85. The molecule has 8 heteroatoms. The first-order valence-electron chi connectivity index (χ1n) is 5.81. The average Bonchev–Trinajstić information content (AvgIpc) is 2.42. The Hall–Kier alpha value is -1.43. The number of carbonyl (C=O) groups excluding carboxylic acids is 1. The third-order valence-corrected chi connectivity index (χ3v) is 3.51. The van der Waals surface area contributed by atoms with Gasteiger partial charge in [0.2, 0.25) is 0 Å². The standard InChI is InChI=1S/C14H7Cl3F3NO/c15-7-1-3-11(17)9(5-7)13(22)21-12-4-2-8(16)6-10(12)14(18,19)20/h1-6H,(H,21,22). The van der Waals surface area contributed by atoms with Gasteiger partial charge in [-0.05, 0) is 36.4 Å². The van der Waals surface area contributed by atoms with E-state index in [4.69, 9.17) is 34.8 Å². The van der Waals surface area contributed by atoms with E-state index in [-0.39, 0.29) is 20.6 Å². The van der Waals surface area contributed by atoms with Crippen molar-refractivity contribution in [3.63, 3.8) is 0 Å². The second kappa shape index (κ2) is 6.36. The first-order chi connectivity index (χ1) is 10.2. The third-order valence-electron chi connectivity index (χ3n) is 2.71. The minimum atomic E-state index is -4.66. The van der Waals surface area contributed by atoms with Crippen LogP contribution in [0.5, 0.6) is 0 Å². The van der Waals surface area contributed by atoms with E-state index in [0.717, 1.165) is 12.1 Å². The van der Waals surface area contributed by atoms with Gasteiger partial charge in [0.25, 0.3) is 5.91 Å². The molecule has 0 aliphatic carbocycles. The number of alkyl halides is 3. The smallest absolute Gasteiger partial charge is 0.321 e. The van der Waals surface area contributed by atoms with Gasteiger partial charge < -0.3 is 5.32 Å². The van der Waals surface area contributed by atoms with E-state index in [1.807, 2.05) is 0 Å². The number of amides is 1. The van der Waals surface area contributed by atoms with E-state index in [1.54, 1.807) is 0 Å². The lowest BCUT2D eigenvalue weighted by molar-refractivity contribution is -0.136. The molecule has 0 bridgehead atoms. The van der Waals surface area contributed by atoms with Crippen molar-refractivity contribution in [2.24, 2.45) is 0 Å². The van der Waals surface area contributed by atoms with Crippen LogP contribution in [-0.2, 0) is 6.18 Å². The number of carbonyl (C=O) groups is 1. The maximum Gasteiger partial charge on any atom is 0.418 e. The number of halogens is 6. The largest absolute Gasteiger partial charge is 0.418 e. The quantitative estimate of drug-likeness (QED) is 0.700. The molecule has 0 aliphatic heterocycles. The minimum Gasteiger partial charge on any atom is -0.321 e. The molecule has 116 valence electrons.